The highest BCUT2D eigenvalue weighted by Crippen LogP contribution is 2.32. The fraction of sp³-hybridized carbons (Fsp3) is 0.412. The van der Waals surface area contributed by atoms with Crippen molar-refractivity contribution in [2.45, 2.75) is 44.6 Å². The summed E-state index contributed by atoms with van der Waals surface area (Å²) in [5, 5.41) is 0. The summed E-state index contributed by atoms with van der Waals surface area (Å²) in [5.74, 6) is 0.422. The van der Waals surface area contributed by atoms with Gasteiger partial charge < -0.3 is 16.2 Å². The zero-order valence-corrected chi connectivity index (χ0v) is 13.4. The van der Waals surface area contributed by atoms with Crippen LogP contribution in [0.25, 0.3) is 0 Å². The number of anilines is 2. The zero-order chi connectivity index (χ0) is 16.9. The molecule has 1 aromatic heterocycles. The molecule has 1 aliphatic carbocycles. The highest BCUT2D eigenvalue weighted by molar-refractivity contribution is 5.89. The molecule has 24 heavy (non-hydrogen) atoms. The van der Waals surface area contributed by atoms with Gasteiger partial charge in [-0.15, -0.1) is 0 Å². The number of hydrogen-bond acceptors (Lipinski definition) is 7. The average molecular weight is 327 g/mol. The number of hydrogen-bond donors (Lipinski definition) is 2. The van der Waals surface area contributed by atoms with E-state index in [9.17, 15) is 4.79 Å². The Kier molecular flexibility index (Phi) is 4.88. The molecule has 7 heteroatoms. The summed E-state index contributed by atoms with van der Waals surface area (Å²) < 4.78 is 5.21. The Morgan fingerprint density at radius 1 is 1.00 bits per heavy atom. The quantitative estimate of drug-likeness (QED) is 0.828. The lowest BCUT2D eigenvalue weighted by molar-refractivity contribution is 0.0462. The fourth-order valence-corrected chi connectivity index (χ4v) is 3.06. The Morgan fingerprint density at radius 2 is 1.62 bits per heavy atom. The second kappa shape index (κ2) is 7.25. The third kappa shape index (κ3) is 3.98. The van der Waals surface area contributed by atoms with Gasteiger partial charge >= 0.3 is 5.97 Å². The maximum absolute atomic E-state index is 12.1. The number of aromatic nitrogens is 3. The lowest BCUT2D eigenvalue weighted by Crippen LogP contribution is -2.11. The van der Waals surface area contributed by atoms with Gasteiger partial charge in [-0.2, -0.15) is 15.0 Å². The Hall–Kier alpha value is -2.70. The monoisotopic (exact) mass is 327 g/mol. The van der Waals surface area contributed by atoms with Gasteiger partial charge in [0.25, 0.3) is 0 Å². The summed E-state index contributed by atoms with van der Waals surface area (Å²) in [5.41, 5.74) is 12.8. The van der Waals surface area contributed by atoms with Crippen molar-refractivity contribution in [3.8, 4) is 0 Å². The van der Waals surface area contributed by atoms with Crippen LogP contribution < -0.4 is 11.5 Å². The van der Waals surface area contributed by atoms with Crippen LogP contribution in [0.3, 0.4) is 0 Å². The first-order valence-electron chi connectivity index (χ1n) is 8.15. The van der Waals surface area contributed by atoms with Gasteiger partial charge in [0.2, 0.25) is 11.9 Å². The number of ether oxygens (including phenoxy) is 1. The summed E-state index contributed by atoms with van der Waals surface area (Å²) in [7, 11) is 0. The minimum Gasteiger partial charge on any atom is -0.454 e. The zero-order valence-electron chi connectivity index (χ0n) is 13.4. The number of nitrogen functional groups attached to an aromatic ring is 2. The summed E-state index contributed by atoms with van der Waals surface area (Å²) in [6.07, 6.45) is 6.35. The van der Waals surface area contributed by atoms with Gasteiger partial charge in [0.05, 0.1) is 5.56 Å². The van der Waals surface area contributed by atoms with Gasteiger partial charge in [-0.25, -0.2) is 4.79 Å². The predicted octanol–water partition coefficient (Wildman–Crippen LogP) is 2.44. The van der Waals surface area contributed by atoms with Crippen LogP contribution in [0.4, 0.5) is 11.9 Å². The van der Waals surface area contributed by atoms with Crippen molar-refractivity contribution >= 4 is 17.9 Å². The van der Waals surface area contributed by atoms with Gasteiger partial charge in [-0.1, -0.05) is 31.4 Å². The number of carbonyl (C=O) groups excluding carboxylic acids is 1. The van der Waals surface area contributed by atoms with Crippen LogP contribution in [0.15, 0.2) is 24.3 Å². The third-order valence-corrected chi connectivity index (χ3v) is 4.27. The van der Waals surface area contributed by atoms with E-state index in [2.05, 4.69) is 15.0 Å². The van der Waals surface area contributed by atoms with Gasteiger partial charge in [-0.3, -0.25) is 0 Å². The van der Waals surface area contributed by atoms with Crippen molar-refractivity contribution in [3.05, 3.63) is 41.2 Å². The topological polar surface area (TPSA) is 117 Å². The minimum atomic E-state index is -0.428. The van der Waals surface area contributed by atoms with Gasteiger partial charge in [0, 0.05) is 0 Å². The smallest absolute Gasteiger partial charge is 0.338 e. The lowest BCUT2D eigenvalue weighted by atomic mass is 9.84. The molecule has 0 saturated heterocycles. The average Bonchev–Trinajstić information content (AvgIpc) is 2.60. The molecule has 0 bridgehead atoms. The van der Waals surface area contributed by atoms with E-state index in [1.807, 2.05) is 24.3 Å². The summed E-state index contributed by atoms with van der Waals surface area (Å²) in [6, 6.07) is 7.65. The molecular weight excluding hydrogens is 306 g/mol. The Bertz CT molecular complexity index is 691. The van der Waals surface area contributed by atoms with E-state index in [1.165, 1.54) is 37.7 Å². The van der Waals surface area contributed by atoms with E-state index < -0.39 is 5.97 Å². The molecule has 0 aliphatic heterocycles. The van der Waals surface area contributed by atoms with Crippen LogP contribution >= 0.6 is 0 Å². The Morgan fingerprint density at radius 3 is 2.25 bits per heavy atom. The van der Waals surface area contributed by atoms with Crippen molar-refractivity contribution < 1.29 is 9.53 Å². The SMILES string of the molecule is Nc1nc(N)nc(COC(=O)c2ccc(C3CCCCC3)cc2)n1. The molecule has 0 spiro atoms. The molecule has 0 atom stereocenters. The van der Waals surface area contributed by atoms with Crippen LogP contribution in [0, 0.1) is 0 Å². The molecule has 7 nitrogen and oxygen atoms in total. The number of benzene rings is 1. The summed E-state index contributed by atoms with van der Waals surface area (Å²) >= 11 is 0. The van der Waals surface area contributed by atoms with Crippen molar-refractivity contribution in [2.24, 2.45) is 0 Å². The molecule has 3 rings (SSSR count). The van der Waals surface area contributed by atoms with Crippen molar-refractivity contribution in [2.75, 3.05) is 11.5 Å². The second-order valence-electron chi connectivity index (χ2n) is 6.00. The number of esters is 1. The van der Waals surface area contributed by atoms with Crippen LogP contribution in [0.5, 0.6) is 0 Å². The van der Waals surface area contributed by atoms with Crippen LogP contribution in [-0.2, 0) is 11.3 Å². The lowest BCUT2D eigenvalue weighted by Gasteiger charge is -2.21. The largest absolute Gasteiger partial charge is 0.454 e. The van der Waals surface area contributed by atoms with Crippen molar-refractivity contribution in [1.29, 1.82) is 0 Å². The van der Waals surface area contributed by atoms with E-state index >= 15 is 0 Å². The van der Waals surface area contributed by atoms with E-state index in [0.29, 0.717) is 11.5 Å². The first-order chi connectivity index (χ1) is 11.6. The highest BCUT2D eigenvalue weighted by Gasteiger charge is 2.16. The van der Waals surface area contributed by atoms with Gasteiger partial charge in [-0.05, 0) is 36.5 Å². The summed E-state index contributed by atoms with van der Waals surface area (Å²) in [6.45, 7) is -0.0971. The van der Waals surface area contributed by atoms with E-state index in [0.717, 1.165) is 0 Å². The Labute approximate surface area is 140 Å². The molecular formula is C17H21N5O2. The highest BCUT2D eigenvalue weighted by atomic mass is 16.5. The van der Waals surface area contributed by atoms with E-state index in [1.54, 1.807) is 0 Å². The maximum atomic E-state index is 12.1. The maximum Gasteiger partial charge on any atom is 0.338 e. The van der Waals surface area contributed by atoms with Gasteiger partial charge in [0.15, 0.2) is 12.4 Å². The molecule has 0 amide bonds. The first kappa shape index (κ1) is 16.2. The number of rotatable bonds is 4. The second-order valence-corrected chi connectivity index (χ2v) is 6.00. The van der Waals surface area contributed by atoms with Gasteiger partial charge in [0.1, 0.15) is 0 Å². The van der Waals surface area contributed by atoms with Crippen molar-refractivity contribution in [1.82, 2.24) is 15.0 Å². The molecule has 1 aliphatic rings. The first-order valence-corrected chi connectivity index (χ1v) is 8.15. The van der Waals surface area contributed by atoms with Crippen LogP contribution in [0.2, 0.25) is 0 Å². The Balaban J connectivity index is 1.60. The molecule has 2 aromatic rings. The normalized spacial score (nSPS) is 15.2. The molecule has 4 N–H and O–H groups in total. The number of carbonyl (C=O) groups is 1. The minimum absolute atomic E-state index is 0.00499. The molecule has 1 saturated carbocycles. The molecule has 1 aromatic carbocycles. The van der Waals surface area contributed by atoms with Crippen molar-refractivity contribution in [3.63, 3.8) is 0 Å². The predicted molar refractivity (Wildman–Crippen MR) is 90.0 cm³/mol. The fourth-order valence-electron chi connectivity index (χ4n) is 3.06. The molecule has 0 unspecified atom stereocenters. The van der Waals surface area contributed by atoms with Crippen LogP contribution in [0.1, 0.15) is 59.8 Å². The standard InChI is InChI=1S/C17H21N5O2/c18-16-20-14(21-17(19)22-16)10-24-15(23)13-8-6-12(7-9-13)11-4-2-1-3-5-11/h6-9,11H,1-5,10H2,(H4,18,19,20,21,22). The van der Waals surface area contributed by atoms with E-state index in [-0.39, 0.29) is 24.3 Å². The third-order valence-electron chi connectivity index (χ3n) is 4.27. The number of nitrogens with two attached hydrogens (primary N) is 2. The molecule has 126 valence electrons. The molecule has 1 fully saturated rings. The summed E-state index contributed by atoms with van der Waals surface area (Å²) in [4.78, 5) is 23.5. The van der Waals surface area contributed by atoms with Crippen LogP contribution in [-0.4, -0.2) is 20.9 Å². The molecule has 1 heterocycles. The van der Waals surface area contributed by atoms with E-state index in [4.69, 9.17) is 16.2 Å². The number of nitrogens with zero attached hydrogens (tertiary/aromatic N) is 3. The molecule has 0 radical (unpaired) electrons.